The molecule has 0 spiro atoms. The Bertz CT molecular complexity index is 876. The number of esters is 1. The highest BCUT2D eigenvalue weighted by Crippen LogP contribution is 2.37. The molecule has 23 heavy (non-hydrogen) atoms. The van der Waals surface area contributed by atoms with Gasteiger partial charge in [0.2, 0.25) is 0 Å². The topological polar surface area (TPSA) is 70.8 Å². The van der Waals surface area contributed by atoms with Crippen molar-refractivity contribution in [2.45, 2.75) is 32.6 Å². The highest BCUT2D eigenvalue weighted by Gasteiger charge is 2.28. The summed E-state index contributed by atoms with van der Waals surface area (Å²) in [6.07, 6.45) is 3.60. The van der Waals surface area contributed by atoms with Crippen molar-refractivity contribution in [3.05, 3.63) is 41.1 Å². The zero-order chi connectivity index (χ0) is 15.8. The number of unbranched alkanes of at least 4 members (excludes halogenated alkanes) is 1. The molecule has 0 radical (unpaired) electrons. The zero-order valence-corrected chi connectivity index (χ0v) is 13.1. The number of carbonyl (C=O) groups excluding carboxylic acids is 1. The molecule has 0 unspecified atom stereocenters. The molecule has 1 aromatic carbocycles. The van der Waals surface area contributed by atoms with Crippen molar-refractivity contribution in [1.82, 2.24) is 15.2 Å². The molecule has 4 rings (SSSR count). The fourth-order valence-corrected chi connectivity index (χ4v) is 3.28. The molecule has 0 atom stereocenters. The number of rotatable bonds is 4. The Morgan fingerprint density at radius 3 is 2.96 bits per heavy atom. The number of aromatic amines is 2. The van der Waals surface area contributed by atoms with E-state index in [2.05, 4.69) is 34.2 Å². The van der Waals surface area contributed by atoms with Crippen LogP contribution in [0, 0.1) is 0 Å². The number of aryl methyl sites for hydroxylation is 1. The Morgan fingerprint density at radius 2 is 2.09 bits per heavy atom. The second kappa shape index (κ2) is 5.57. The molecule has 118 valence electrons. The lowest BCUT2D eigenvalue weighted by Crippen LogP contribution is -2.11. The lowest BCUT2D eigenvalue weighted by Gasteiger charge is -2.12. The number of H-pyrrole nitrogens is 2. The van der Waals surface area contributed by atoms with Crippen LogP contribution >= 0.6 is 0 Å². The molecule has 5 heteroatoms. The van der Waals surface area contributed by atoms with E-state index in [-0.39, 0.29) is 5.97 Å². The summed E-state index contributed by atoms with van der Waals surface area (Å²) in [5.41, 5.74) is 5.73. The minimum absolute atomic E-state index is 0.299. The number of ether oxygens (including phenoxy) is 1. The van der Waals surface area contributed by atoms with Gasteiger partial charge in [-0.15, -0.1) is 0 Å². The van der Waals surface area contributed by atoms with Crippen LogP contribution in [-0.4, -0.2) is 27.8 Å². The smallest absolute Gasteiger partial charge is 0.356 e. The van der Waals surface area contributed by atoms with Crippen LogP contribution in [0.25, 0.3) is 22.3 Å². The first-order valence-corrected chi connectivity index (χ1v) is 8.14. The summed E-state index contributed by atoms with van der Waals surface area (Å²) >= 11 is 0. The Morgan fingerprint density at radius 1 is 1.26 bits per heavy atom. The Kier molecular flexibility index (Phi) is 3.41. The molecule has 0 saturated carbocycles. The SMILES string of the molecule is CCCCOC(=O)c1[nH]nc2c1CCc1c-2[nH]c2ccccc12. The summed E-state index contributed by atoms with van der Waals surface area (Å²) in [5, 5.41) is 8.51. The molecule has 0 fully saturated rings. The quantitative estimate of drug-likeness (QED) is 0.571. The minimum Gasteiger partial charge on any atom is -0.461 e. The minimum atomic E-state index is -0.299. The second-order valence-corrected chi connectivity index (χ2v) is 5.94. The molecule has 0 saturated heterocycles. The molecule has 1 aliphatic carbocycles. The second-order valence-electron chi connectivity index (χ2n) is 5.94. The zero-order valence-electron chi connectivity index (χ0n) is 13.1. The predicted molar refractivity (Wildman–Crippen MR) is 88.5 cm³/mol. The molecule has 5 nitrogen and oxygen atoms in total. The number of para-hydroxylation sites is 1. The third-order valence-corrected chi connectivity index (χ3v) is 4.48. The third-order valence-electron chi connectivity index (χ3n) is 4.48. The van der Waals surface area contributed by atoms with Crippen molar-refractivity contribution < 1.29 is 9.53 Å². The molecule has 0 bridgehead atoms. The molecule has 0 aliphatic heterocycles. The maximum absolute atomic E-state index is 12.2. The summed E-state index contributed by atoms with van der Waals surface area (Å²) < 4.78 is 5.32. The van der Waals surface area contributed by atoms with Gasteiger partial charge in [0.25, 0.3) is 0 Å². The number of aromatic nitrogens is 3. The number of nitrogens with one attached hydrogen (secondary N) is 2. The molecular formula is C18H19N3O2. The predicted octanol–water partition coefficient (Wildman–Crippen LogP) is 3.61. The Balaban J connectivity index is 1.71. The van der Waals surface area contributed by atoms with E-state index in [4.69, 9.17) is 4.74 Å². The molecule has 1 aliphatic rings. The molecular weight excluding hydrogens is 290 g/mol. The highest BCUT2D eigenvalue weighted by atomic mass is 16.5. The van der Waals surface area contributed by atoms with Crippen LogP contribution in [0.2, 0.25) is 0 Å². The Hall–Kier alpha value is -2.56. The van der Waals surface area contributed by atoms with E-state index in [1.807, 2.05) is 12.1 Å². The number of hydrogen-bond acceptors (Lipinski definition) is 3. The number of fused-ring (bicyclic) bond motifs is 5. The van der Waals surface area contributed by atoms with Gasteiger partial charge in [-0.25, -0.2) is 4.79 Å². The highest BCUT2D eigenvalue weighted by molar-refractivity contribution is 5.95. The summed E-state index contributed by atoms with van der Waals surface area (Å²) in [4.78, 5) is 15.7. The van der Waals surface area contributed by atoms with Gasteiger partial charge < -0.3 is 9.72 Å². The fraction of sp³-hybridized carbons (Fsp3) is 0.333. The normalized spacial score (nSPS) is 12.9. The number of hydrogen-bond donors (Lipinski definition) is 2. The molecule has 2 N–H and O–H groups in total. The van der Waals surface area contributed by atoms with Crippen LogP contribution in [0.1, 0.15) is 41.4 Å². The van der Waals surface area contributed by atoms with Crippen molar-refractivity contribution in [3.8, 4) is 11.4 Å². The summed E-state index contributed by atoms with van der Waals surface area (Å²) in [6.45, 7) is 2.53. The van der Waals surface area contributed by atoms with Crippen molar-refractivity contribution in [3.63, 3.8) is 0 Å². The fourth-order valence-electron chi connectivity index (χ4n) is 3.28. The molecule has 0 amide bonds. The van der Waals surface area contributed by atoms with E-state index < -0.39 is 0 Å². The van der Waals surface area contributed by atoms with E-state index in [9.17, 15) is 4.79 Å². The summed E-state index contributed by atoms with van der Waals surface area (Å²) in [7, 11) is 0. The average molecular weight is 309 g/mol. The van der Waals surface area contributed by atoms with Gasteiger partial charge in [-0.3, -0.25) is 5.10 Å². The van der Waals surface area contributed by atoms with Crippen LogP contribution in [0.5, 0.6) is 0 Å². The van der Waals surface area contributed by atoms with Crippen LogP contribution in [0.3, 0.4) is 0 Å². The summed E-state index contributed by atoms with van der Waals surface area (Å²) in [6, 6.07) is 8.27. The lowest BCUT2D eigenvalue weighted by molar-refractivity contribution is 0.0491. The Labute approximate surface area is 134 Å². The van der Waals surface area contributed by atoms with Gasteiger partial charge in [-0.05, 0) is 30.9 Å². The molecule has 2 aromatic heterocycles. The number of carbonyl (C=O) groups is 1. The van der Waals surface area contributed by atoms with Crippen LogP contribution in [0.4, 0.5) is 0 Å². The van der Waals surface area contributed by atoms with Gasteiger partial charge >= 0.3 is 5.97 Å². The van der Waals surface area contributed by atoms with Gasteiger partial charge in [0.05, 0.1) is 12.3 Å². The van der Waals surface area contributed by atoms with E-state index in [1.54, 1.807) is 0 Å². The van der Waals surface area contributed by atoms with Gasteiger partial charge in [0.1, 0.15) is 11.4 Å². The summed E-state index contributed by atoms with van der Waals surface area (Å²) in [5.74, 6) is -0.299. The maximum atomic E-state index is 12.2. The van der Waals surface area contributed by atoms with Crippen molar-refractivity contribution >= 4 is 16.9 Å². The van der Waals surface area contributed by atoms with E-state index in [0.717, 1.165) is 48.2 Å². The van der Waals surface area contributed by atoms with Gasteiger partial charge in [0, 0.05) is 16.5 Å². The van der Waals surface area contributed by atoms with E-state index in [1.165, 1.54) is 10.9 Å². The third kappa shape index (κ3) is 2.23. The first-order valence-electron chi connectivity index (χ1n) is 8.14. The average Bonchev–Trinajstić information content (AvgIpc) is 3.16. The number of nitrogens with zero attached hydrogens (tertiary/aromatic N) is 1. The maximum Gasteiger partial charge on any atom is 0.356 e. The monoisotopic (exact) mass is 309 g/mol. The van der Waals surface area contributed by atoms with Gasteiger partial charge in [-0.1, -0.05) is 31.5 Å². The molecule has 3 aromatic rings. The van der Waals surface area contributed by atoms with E-state index >= 15 is 0 Å². The molecule has 2 heterocycles. The van der Waals surface area contributed by atoms with Crippen LogP contribution in [0.15, 0.2) is 24.3 Å². The van der Waals surface area contributed by atoms with E-state index in [0.29, 0.717) is 12.3 Å². The lowest BCUT2D eigenvalue weighted by atomic mass is 9.92. The largest absolute Gasteiger partial charge is 0.461 e. The van der Waals surface area contributed by atoms with Crippen molar-refractivity contribution in [2.24, 2.45) is 0 Å². The van der Waals surface area contributed by atoms with Gasteiger partial charge in [-0.2, -0.15) is 5.10 Å². The van der Waals surface area contributed by atoms with Crippen LogP contribution < -0.4 is 0 Å². The first-order chi connectivity index (χ1) is 11.3. The van der Waals surface area contributed by atoms with Crippen LogP contribution in [-0.2, 0) is 17.6 Å². The standard InChI is InChI=1S/C18H19N3O2/c1-2-3-10-23-18(22)17-13-9-8-12-11-6-4-5-7-14(11)19-15(12)16(13)20-21-17/h4-7,19H,2-3,8-10H2,1H3,(H,20,21). The first kappa shape index (κ1) is 14.1. The van der Waals surface area contributed by atoms with Crippen molar-refractivity contribution in [2.75, 3.05) is 6.61 Å². The number of benzene rings is 1. The van der Waals surface area contributed by atoms with Crippen molar-refractivity contribution in [1.29, 1.82) is 0 Å². The van der Waals surface area contributed by atoms with Gasteiger partial charge in [0.15, 0.2) is 0 Å².